The first-order valence-corrected chi connectivity index (χ1v) is 22.6. The van der Waals surface area contributed by atoms with Crippen molar-refractivity contribution in [1.29, 1.82) is 0 Å². The van der Waals surface area contributed by atoms with Crippen molar-refractivity contribution < 1.29 is 23.5 Å². The van der Waals surface area contributed by atoms with Gasteiger partial charge in [0.1, 0.15) is 18.1 Å². The molecule has 0 spiro atoms. The molecule has 0 radical (unpaired) electrons. The Kier molecular flexibility index (Phi) is 13.8. The lowest BCUT2D eigenvalue weighted by Crippen LogP contribution is -2.44. The Labute approximate surface area is 289 Å². The zero-order valence-corrected chi connectivity index (χ0v) is 33.2. The van der Waals surface area contributed by atoms with Gasteiger partial charge in [-0.25, -0.2) is 4.79 Å². The van der Waals surface area contributed by atoms with Crippen LogP contribution < -0.4 is 8.85 Å². The second kappa shape index (κ2) is 15.6. The fourth-order valence-corrected chi connectivity index (χ4v) is 6.23. The third-order valence-electron chi connectivity index (χ3n) is 8.94. The normalized spacial score (nSPS) is 18.8. The van der Waals surface area contributed by atoms with Crippen molar-refractivity contribution in [2.45, 2.75) is 114 Å². The Morgan fingerprint density at radius 3 is 1.98 bits per heavy atom. The molecule has 1 aromatic rings. The van der Waals surface area contributed by atoms with Crippen molar-refractivity contribution in [1.82, 2.24) is 4.90 Å². The van der Waals surface area contributed by atoms with Gasteiger partial charge in [0.2, 0.25) is 20.4 Å². The van der Waals surface area contributed by atoms with Crippen LogP contribution in [0.25, 0.3) is 6.08 Å². The van der Waals surface area contributed by atoms with Crippen molar-refractivity contribution in [3.8, 4) is 11.5 Å². The first-order valence-electron chi connectivity index (χ1n) is 15.7. The summed E-state index contributed by atoms with van der Waals surface area (Å²) in [6.45, 7) is 24.3. The molecule has 1 heterocycles. The van der Waals surface area contributed by atoms with Crippen LogP contribution in [0.2, 0.25) is 36.3 Å². The monoisotopic (exact) mass is 717 g/mol. The molecule has 0 saturated heterocycles. The lowest BCUT2D eigenvalue weighted by Gasteiger charge is -2.38. The Balaban J connectivity index is 2.12. The van der Waals surface area contributed by atoms with Crippen LogP contribution in [-0.4, -0.2) is 55.8 Å². The number of ether oxygens (including phenoxy) is 1. The number of aliphatic hydroxyl groups is 1. The number of rotatable bonds is 11. The van der Waals surface area contributed by atoms with Gasteiger partial charge in [-0.2, -0.15) is 0 Å². The summed E-state index contributed by atoms with van der Waals surface area (Å²) in [5.74, 6) is 1.56. The number of hydrogen-bond donors (Lipinski definition) is 1. The number of unbranched alkanes of at least 4 members (excludes halogenated alkanes) is 1. The molecule has 0 fully saturated rings. The molecule has 2 atom stereocenters. The minimum Gasteiger partial charge on any atom is -0.543 e. The smallest absolute Gasteiger partial charge is 0.414 e. The molecule has 254 valence electrons. The highest BCUT2D eigenvalue weighted by Crippen LogP contribution is 2.41. The molecular formula is C34H54Cl3NO5Si2. The maximum absolute atomic E-state index is 12.7. The van der Waals surface area contributed by atoms with Gasteiger partial charge in [0.05, 0.1) is 6.10 Å². The van der Waals surface area contributed by atoms with Crippen LogP contribution in [0.3, 0.4) is 0 Å². The number of hydrogen-bond acceptors (Lipinski definition) is 5. The van der Waals surface area contributed by atoms with E-state index in [-0.39, 0.29) is 22.6 Å². The van der Waals surface area contributed by atoms with Crippen molar-refractivity contribution in [2.24, 2.45) is 5.92 Å². The standard InChI is InChI=1S/C34H54Cl3NO5Si2/c1-25-23-38(31(40)41-24-34(35,36)37)27(21-30(25)39)18-16-14-12-13-15-17-26-19-28(42-44(8,9)32(2,3)4)22-29(20-26)43-45(10,11)33(5,6)7/h12-13,15,17,19-22,25,30,39H,14,16,18,23-24H2,1-11H3/b13-12+,17-15+/t25-,30+/m0/s1. The van der Waals surface area contributed by atoms with E-state index < -0.39 is 32.6 Å². The molecule has 6 nitrogen and oxygen atoms in total. The second-order valence-corrected chi connectivity index (χ2v) is 27.0. The van der Waals surface area contributed by atoms with Crippen LogP contribution in [0.1, 0.15) is 73.3 Å². The van der Waals surface area contributed by atoms with E-state index in [4.69, 9.17) is 48.4 Å². The van der Waals surface area contributed by atoms with E-state index in [1.54, 1.807) is 6.08 Å². The number of allylic oxidation sites excluding steroid dienone is 4. The zero-order valence-electron chi connectivity index (χ0n) is 29.0. The minimum atomic E-state index is -2.04. The van der Waals surface area contributed by atoms with Crippen LogP contribution in [0, 0.1) is 5.92 Å². The molecule has 1 aliphatic heterocycles. The van der Waals surface area contributed by atoms with E-state index in [1.807, 2.05) is 25.1 Å². The average molecular weight is 719 g/mol. The third-order valence-corrected chi connectivity index (χ3v) is 18.0. The maximum atomic E-state index is 12.7. The predicted octanol–water partition coefficient (Wildman–Crippen LogP) is 10.9. The molecule has 1 aromatic carbocycles. The van der Waals surface area contributed by atoms with Crippen LogP contribution >= 0.6 is 34.8 Å². The second-order valence-electron chi connectivity index (χ2n) is 15.0. The Morgan fingerprint density at radius 1 is 0.956 bits per heavy atom. The largest absolute Gasteiger partial charge is 0.543 e. The molecule has 0 saturated carbocycles. The summed E-state index contributed by atoms with van der Waals surface area (Å²) in [6, 6.07) is 6.21. The number of halogens is 3. The molecule has 1 amide bonds. The Morgan fingerprint density at radius 2 is 1.49 bits per heavy atom. The highest BCUT2D eigenvalue weighted by Gasteiger charge is 2.41. The molecule has 1 N–H and O–H groups in total. The van der Waals surface area contributed by atoms with Crippen LogP contribution in [0.15, 0.2) is 48.2 Å². The van der Waals surface area contributed by atoms with Crippen molar-refractivity contribution in [2.75, 3.05) is 13.2 Å². The summed E-state index contributed by atoms with van der Waals surface area (Å²) in [6.07, 6.45) is 10.9. The molecule has 0 aromatic heterocycles. The Hall–Kier alpha value is -1.43. The molecular weight excluding hydrogens is 665 g/mol. The van der Waals surface area contributed by atoms with Gasteiger partial charge in [0.15, 0.2) is 0 Å². The highest BCUT2D eigenvalue weighted by molar-refractivity contribution is 6.75. The average Bonchev–Trinajstić information content (AvgIpc) is 2.86. The maximum Gasteiger partial charge on any atom is 0.414 e. The molecule has 45 heavy (non-hydrogen) atoms. The van der Waals surface area contributed by atoms with Gasteiger partial charge in [-0.05, 0) is 79.3 Å². The van der Waals surface area contributed by atoms with Crippen molar-refractivity contribution in [3.63, 3.8) is 0 Å². The summed E-state index contributed by atoms with van der Waals surface area (Å²) < 4.78 is 16.9. The Bertz CT molecular complexity index is 1200. The van der Waals surface area contributed by atoms with E-state index in [9.17, 15) is 9.90 Å². The molecule has 0 bridgehead atoms. The van der Waals surface area contributed by atoms with E-state index in [2.05, 4.69) is 92.0 Å². The van der Waals surface area contributed by atoms with Gasteiger partial charge in [-0.1, -0.05) is 108 Å². The van der Waals surface area contributed by atoms with Gasteiger partial charge in [0.25, 0.3) is 0 Å². The summed E-state index contributed by atoms with van der Waals surface area (Å²) in [7, 11) is -4.08. The fraction of sp³-hybridized carbons (Fsp3) is 0.618. The summed E-state index contributed by atoms with van der Waals surface area (Å²) in [5.41, 5.74) is 1.73. The minimum absolute atomic E-state index is 0.0772. The number of carbonyl (C=O) groups excluding carboxylic acids is 1. The first kappa shape index (κ1) is 39.8. The van der Waals surface area contributed by atoms with E-state index >= 15 is 0 Å². The lowest BCUT2D eigenvalue weighted by atomic mass is 9.97. The molecule has 11 heteroatoms. The van der Waals surface area contributed by atoms with Gasteiger partial charge >= 0.3 is 6.09 Å². The van der Waals surface area contributed by atoms with Gasteiger partial charge in [-0.15, -0.1) is 0 Å². The quantitative estimate of drug-likeness (QED) is 0.107. The number of alkyl halides is 3. The first-order chi connectivity index (χ1) is 20.4. The topological polar surface area (TPSA) is 68.2 Å². The fourth-order valence-electron chi connectivity index (χ4n) is 4.04. The van der Waals surface area contributed by atoms with Gasteiger partial charge in [-0.3, -0.25) is 4.90 Å². The van der Waals surface area contributed by atoms with E-state index in [0.29, 0.717) is 18.7 Å². The van der Waals surface area contributed by atoms with Gasteiger partial charge < -0.3 is 18.7 Å². The molecule has 0 unspecified atom stereocenters. The number of nitrogens with zero attached hydrogens (tertiary/aromatic N) is 1. The molecule has 0 aliphatic carbocycles. The van der Waals surface area contributed by atoms with Crippen molar-refractivity contribution >= 4 is 63.6 Å². The third kappa shape index (κ3) is 12.6. The van der Waals surface area contributed by atoms with Crippen molar-refractivity contribution in [3.05, 3.63) is 53.8 Å². The number of aliphatic hydroxyl groups excluding tert-OH is 1. The van der Waals surface area contributed by atoms with Crippen LogP contribution in [-0.2, 0) is 4.74 Å². The molecule has 2 rings (SSSR count). The number of carbonyl (C=O) groups is 1. The predicted molar refractivity (Wildman–Crippen MR) is 196 cm³/mol. The lowest BCUT2D eigenvalue weighted by molar-refractivity contribution is 0.0807. The number of benzene rings is 1. The number of amides is 1. The zero-order chi connectivity index (χ0) is 34.4. The van der Waals surface area contributed by atoms with Gasteiger partial charge in [0, 0.05) is 24.2 Å². The van der Waals surface area contributed by atoms with Crippen LogP contribution in [0.4, 0.5) is 4.79 Å². The summed E-state index contributed by atoms with van der Waals surface area (Å²) in [4.78, 5) is 14.2. The molecule has 1 aliphatic rings. The highest BCUT2D eigenvalue weighted by atomic mass is 35.6. The van der Waals surface area contributed by atoms with E-state index in [0.717, 1.165) is 29.9 Å². The van der Waals surface area contributed by atoms with E-state index in [1.165, 1.54) is 4.90 Å². The SMILES string of the molecule is C[C@H]1CN(C(=O)OCC(Cl)(Cl)Cl)C(CCC/C=C/C=C/c2cc(O[Si](C)(C)C(C)(C)C)cc(O[Si](C)(C)C(C)(C)C)c2)=C[C@H]1O. The van der Waals surface area contributed by atoms with Crippen LogP contribution in [0.5, 0.6) is 11.5 Å². The summed E-state index contributed by atoms with van der Waals surface area (Å²) >= 11 is 17.2. The summed E-state index contributed by atoms with van der Waals surface area (Å²) in [5, 5.41) is 10.5.